The molecule has 0 atom stereocenters. The Morgan fingerprint density at radius 2 is 1.33 bits per heavy atom. The van der Waals surface area contributed by atoms with Crippen LogP contribution in [0.5, 0.6) is 0 Å². The highest BCUT2D eigenvalue weighted by Crippen LogP contribution is 2.20. The Morgan fingerprint density at radius 3 is 1.93 bits per heavy atom. The molecule has 0 saturated carbocycles. The van der Waals surface area contributed by atoms with E-state index < -0.39 is 14.4 Å². The van der Waals surface area contributed by atoms with Crippen molar-refractivity contribution in [3.63, 3.8) is 0 Å². The number of rotatable bonds is 9. The van der Waals surface area contributed by atoms with Crippen LogP contribution in [0.4, 0.5) is 0 Å². The van der Waals surface area contributed by atoms with E-state index in [-0.39, 0.29) is 0 Å². The minimum atomic E-state index is -2.17. The Hall–Kier alpha value is -1.63. The summed E-state index contributed by atoms with van der Waals surface area (Å²) in [7, 11) is -3.60. The fourth-order valence-corrected chi connectivity index (χ4v) is 2.96. The molecule has 0 radical (unpaired) electrons. The number of benzene rings is 2. The highest BCUT2D eigenvalue weighted by Gasteiger charge is 2.17. The Bertz CT molecular complexity index is 633. The summed E-state index contributed by atoms with van der Waals surface area (Å²) in [5.74, 6) is 0. The SMILES string of the molecule is CCCCCCCCc1ccc(B(O)O)c(-c2ccccc2)c1.OB(O)O. The minimum Gasteiger partial charge on any atom is -0.423 e. The molecule has 0 heterocycles. The normalized spacial score (nSPS) is 10.1. The first kappa shape index (κ1) is 23.4. The van der Waals surface area contributed by atoms with Gasteiger partial charge in [-0.15, -0.1) is 0 Å². The molecular weight excluding hydrogens is 342 g/mol. The first-order valence-corrected chi connectivity index (χ1v) is 9.54. The number of hydrogen-bond donors (Lipinski definition) is 5. The molecule has 0 fully saturated rings. The average molecular weight is 372 g/mol. The van der Waals surface area contributed by atoms with Gasteiger partial charge in [0.15, 0.2) is 0 Å². The molecule has 0 aliphatic rings. The van der Waals surface area contributed by atoms with E-state index in [1.807, 2.05) is 42.5 Å². The predicted octanol–water partition coefficient (Wildman–Crippen LogP) is 1.88. The summed E-state index contributed by atoms with van der Waals surface area (Å²) in [6.07, 6.45) is 8.78. The lowest BCUT2D eigenvalue weighted by molar-refractivity contribution is 0.278. The highest BCUT2D eigenvalue weighted by molar-refractivity contribution is 6.60. The lowest BCUT2D eigenvalue weighted by atomic mass is 9.74. The molecule has 0 bridgehead atoms. The van der Waals surface area contributed by atoms with Gasteiger partial charge in [0.2, 0.25) is 0 Å². The van der Waals surface area contributed by atoms with Gasteiger partial charge in [-0.25, -0.2) is 0 Å². The molecule has 5 nitrogen and oxygen atoms in total. The zero-order chi connectivity index (χ0) is 20.1. The first-order chi connectivity index (χ1) is 13.0. The number of aryl methyl sites for hydroxylation is 1. The summed E-state index contributed by atoms with van der Waals surface area (Å²) in [5, 5.41) is 40.7. The number of hydrogen-bond acceptors (Lipinski definition) is 5. The van der Waals surface area contributed by atoms with Crippen LogP contribution >= 0.6 is 0 Å². The monoisotopic (exact) mass is 372 g/mol. The van der Waals surface area contributed by atoms with Gasteiger partial charge in [0, 0.05) is 0 Å². The minimum absolute atomic E-state index is 0.572. The van der Waals surface area contributed by atoms with Gasteiger partial charge < -0.3 is 25.1 Å². The quantitative estimate of drug-likeness (QED) is 0.342. The molecule has 2 rings (SSSR count). The predicted molar refractivity (Wildman–Crippen MR) is 111 cm³/mol. The molecule has 2 aromatic rings. The summed E-state index contributed by atoms with van der Waals surface area (Å²) in [6.45, 7) is 2.24. The average Bonchev–Trinajstić information content (AvgIpc) is 2.64. The molecule has 0 aliphatic heterocycles. The van der Waals surface area contributed by atoms with Crippen LogP contribution in [0.25, 0.3) is 11.1 Å². The molecule has 0 aromatic heterocycles. The van der Waals surface area contributed by atoms with Gasteiger partial charge in [0.25, 0.3) is 0 Å². The second kappa shape index (κ2) is 13.5. The summed E-state index contributed by atoms with van der Waals surface area (Å²) in [4.78, 5) is 0. The first-order valence-electron chi connectivity index (χ1n) is 9.54. The zero-order valence-corrected chi connectivity index (χ0v) is 16.0. The molecule has 7 heteroatoms. The standard InChI is InChI=1S/C20H27BO2.BH3O3/c1-2-3-4-5-6-8-11-17-14-15-20(21(22)23)19(16-17)18-12-9-7-10-13-18;2-1(3)4/h7,9-10,12-16,22-23H,2-6,8,11H2,1H3;2-4H. The van der Waals surface area contributed by atoms with Crippen molar-refractivity contribution < 1.29 is 25.1 Å². The molecular formula is C20H30B2O5. The van der Waals surface area contributed by atoms with Crippen molar-refractivity contribution in [2.75, 3.05) is 0 Å². The maximum absolute atomic E-state index is 9.61. The zero-order valence-electron chi connectivity index (χ0n) is 16.0. The number of unbranched alkanes of at least 4 members (excludes halogenated alkanes) is 5. The van der Waals surface area contributed by atoms with Crippen LogP contribution in [-0.4, -0.2) is 39.6 Å². The molecule has 0 spiro atoms. The summed E-state index contributed by atoms with van der Waals surface area (Å²) in [6, 6.07) is 15.9. The third-order valence-electron chi connectivity index (χ3n) is 4.30. The Balaban J connectivity index is 0.000000828. The summed E-state index contributed by atoms with van der Waals surface area (Å²) in [5.41, 5.74) is 3.79. The van der Waals surface area contributed by atoms with Crippen molar-refractivity contribution in [1.82, 2.24) is 0 Å². The third kappa shape index (κ3) is 9.75. The highest BCUT2D eigenvalue weighted by atomic mass is 16.5. The second-order valence-corrected chi connectivity index (χ2v) is 6.53. The van der Waals surface area contributed by atoms with E-state index in [4.69, 9.17) is 15.1 Å². The fraction of sp³-hybridized carbons (Fsp3) is 0.400. The second-order valence-electron chi connectivity index (χ2n) is 6.53. The molecule has 146 valence electrons. The molecule has 0 amide bonds. The van der Waals surface area contributed by atoms with E-state index in [1.54, 1.807) is 0 Å². The van der Waals surface area contributed by atoms with Crippen LogP contribution in [0, 0.1) is 0 Å². The lowest BCUT2D eigenvalue weighted by Gasteiger charge is -2.12. The Labute approximate surface area is 162 Å². The lowest BCUT2D eigenvalue weighted by Crippen LogP contribution is -2.31. The van der Waals surface area contributed by atoms with Crippen molar-refractivity contribution >= 4 is 19.9 Å². The Kier molecular flexibility index (Phi) is 11.7. The summed E-state index contributed by atoms with van der Waals surface area (Å²) < 4.78 is 0. The van der Waals surface area contributed by atoms with Crippen molar-refractivity contribution in [3.05, 3.63) is 54.1 Å². The molecule has 0 aliphatic carbocycles. The maximum atomic E-state index is 9.61. The van der Waals surface area contributed by atoms with Crippen LogP contribution in [-0.2, 0) is 6.42 Å². The van der Waals surface area contributed by atoms with Crippen molar-refractivity contribution in [3.8, 4) is 11.1 Å². The van der Waals surface area contributed by atoms with Gasteiger partial charge in [-0.2, -0.15) is 0 Å². The van der Waals surface area contributed by atoms with E-state index in [1.165, 1.54) is 44.1 Å². The van der Waals surface area contributed by atoms with Gasteiger partial charge in [-0.05, 0) is 35.0 Å². The van der Waals surface area contributed by atoms with Crippen molar-refractivity contribution in [2.45, 2.75) is 51.9 Å². The third-order valence-corrected chi connectivity index (χ3v) is 4.30. The Morgan fingerprint density at radius 1 is 0.741 bits per heavy atom. The van der Waals surface area contributed by atoms with E-state index in [0.29, 0.717) is 5.46 Å². The smallest absolute Gasteiger partial charge is 0.423 e. The van der Waals surface area contributed by atoms with E-state index in [2.05, 4.69) is 13.0 Å². The van der Waals surface area contributed by atoms with E-state index in [0.717, 1.165) is 17.5 Å². The van der Waals surface area contributed by atoms with Crippen molar-refractivity contribution in [2.24, 2.45) is 0 Å². The van der Waals surface area contributed by atoms with Crippen LogP contribution < -0.4 is 5.46 Å². The fourth-order valence-electron chi connectivity index (χ4n) is 2.96. The topological polar surface area (TPSA) is 101 Å². The molecule has 2 aromatic carbocycles. The van der Waals surface area contributed by atoms with Crippen LogP contribution in [0.15, 0.2) is 48.5 Å². The van der Waals surface area contributed by atoms with Crippen LogP contribution in [0.3, 0.4) is 0 Å². The van der Waals surface area contributed by atoms with Gasteiger partial charge >= 0.3 is 14.4 Å². The van der Waals surface area contributed by atoms with Crippen LogP contribution in [0.2, 0.25) is 0 Å². The van der Waals surface area contributed by atoms with Gasteiger partial charge in [-0.1, -0.05) is 87.6 Å². The van der Waals surface area contributed by atoms with Gasteiger partial charge in [0.1, 0.15) is 0 Å². The maximum Gasteiger partial charge on any atom is 0.631 e. The molecule has 0 unspecified atom stereocenters. The summed E-state index contributed by atoms with van der Waals surface area (Å²) >= 11 is 0. The van der Waals surface area contributed by atoms with E-state index in [9.17, 15) is 10.0 Å². The molecule has 0 saturated heterocycles. The van der Waals surface area contributed by atoms with E-state index >= 15 is 0 Å². The van der Waals surface area contributed by atoms with Crippen molar-refractivity contribution in [1.29, 1.82) is 0 Å². The van der Waals surface area contributed by atoms with Crippen LogP contribution in [0.1, 0.15) is 51.0 Å². The molecule has 5 N–H and O–H groups in total. The van der Waals surface area contributed by atoms with Gasteiger partial charge in [-0.3, -0.25) is 0 Å². The molecule has 27 heavy (non-hydrogen) atoms. The van der Waals surface area contributed by atoms with Gasteiger partial charge in [0.05, 0.1) is 0 Å². The largest absolute Gasteiger partial charge is 0.631 e.